The predicted molar refractivity (Wildman–Crippen MR) is 135 cm³/mol. The molecule has 1 unspecified atom stereocenters. The van der Waals surface area contributed by atoms with Gasteiger partial charge in [-0.1, -0.05) is 50.1 Å². The van der Waals surface area contributed by atoms with E-state index in [1.165, 1.54) is 38.5 Å². The van der Waals surface area contributed by atoms with Crippen molar-refractivity contribution in [2.75, 3.05) is 19.8 Å². The maximum Gasteiger partial charge on any atom is 0.137 e. The number of amidine groups is 1. The topological polar surface area (TPSA) is 110 Å². The Morgan fingerprint density at radius 3 is 2.34 bits per heavy atom. The second kappa shape index (κ2) is 15.0. The lowest BCUT2D eigenvalue weighted by Gasteiger charge is -2.27. The van der Waals surface area contributed by atoms with Crippen LogP contribution in [0.2, 0.25) is 0 Å². The molecular weight excluding hydrogens is 424 g/mol. The fraction of sp³-hybridized carbons (Fsp3) is 0.625. The van der Waals surface area contributed by atoms with Crippen LogP contribution in [0.5, 0.6) is 0 Å². The molecule has 8 heteroatoms. The molecule has 180 valence electrons. The SMILES string of the molecule is C1CCCCC1.CC1=C(Cl)C=CNC(N)=C1.CC1=CN=C(N)C(NCC2CCOCC2)N1. The van der Waals surface area contributed by atoms with Crippen LogP contribution in [-0.2, 0) is 4.74 Å². The van der Waals surface area contributed by atoms with Crippen molar-refractivity contribution in [3.63, 3.8) is 0 Å². The number of aliphatic imine (C=N–C) groups is 1. The van der Waals surface area contributed by atoms with Crippen LogP contribution in [0.4, 0.5) is 0 Å². The van der Waals surface area contributed by atoms with Crippen molar-refractivity contribution in [1.82, 2.24) is 16.0 Å². The summed E-state index contributed by atoms with van der Waals surface area (Å²) < 4.78 is 5.33. The van der Waals surface area contributed by atoms with E-state index in [0.29, 0.717) is 22.6 Å². The van der Waals surface area contributed by atoms with Gasteiger partial charge in [0.25, 0.3) is 0 Å². The van der Waals surface area contributed by atoms with E-state index >= 15 is 0 Å². The van der Waals surface area contributed by atoms with Gasteiger partial charge in [0.15, 0.2) is 0 Å². The number of halogens is 1. The zero-order valence-corrected chi connectivity index (χ0v) is 20.4. The smallest absolute Gasteiger partial charge is 0.137 e. The molecule has 1 atom stereocenters. The van der Waals surface area contributed by atoms with Crippen LogP contribution in [0.25, 0.3) is 0 Å². The van der Waals surface area contributed by atoms with Crippen molar-refractivity contribution in [3.05, 3.63) is 46.7 Å². The van der Waals surface area contributed by atoms with Crippen LogP contribution in [0.15, 0.2) is 51.7 Å². The van der Waals surface area contributed by atoms with E-state index in [0.717, 1.165) is 43.9 Å². The molecule has 3 aliphatic heterocycles. The van der Waals surface area contributed by atoms with Crippen molar-refractivity contribution in [1.29, 1.82) is 0 Å². The highest BCUT2D eigenvalue weighted by Crippen LogP contribution is 2.16. The third kappa shape index (κ3) is 10.6. The molecule has 1 saturated heterocycles. The third-order valence-corrected chi connectivity index (χ3v) is 6.18. The lowest BCUT2D eigenvalue weighted by Crippen LogP contribution is -2.53. The zero-order chi connectivity index (χ0) is 23.2. The minimum atomic E-state index is -0.0205. The van der Waals surface area contributed by atoms with E-state index in [1.54, 1.807) is 24.6 Å². The first-order valence-electron chi connectivity index (χ1n) is 11.8. The summed E-state index contributed by atoms with van der Waals surface area (Å²) in [5, 5.41) is 10.2. The third-order valence-electron chi connectivity index (χ3n) is 5.75. The average molecular weight is 465 g/mol. The maximum atomic E-state index is 5.81. The highest BCUT2D eigenvalue weighted by atomic mass is 35.5. The number of hydrogen-bond donors (Lipinski definition) is 5. The van der Waals surface area contributed by atoms with Gasteiger partial charge >= 0.3 is 0 Å². The molecule has 0 radical (unpaired) electrons. The first-order valence-corrected chi connectivity index (χ1v) is 12.2. The number of nitrogens with zero attached hydrogens (tertiary/aromatic N) is 1. The molecule has 1 aliphatic carbocycles. The molecule has 0 aromatic heterocycles. The van der Waals surface area contributed by atoms with Gasteiger partial charge in [0.1, 0.15) is 17.8 Å². The van der Waals surface area contributed by atoms with E-state index < -0.39 is 0 Å². The molecule has 0 bridgehead atoms. The van der Waals surface area contributed by atoms with Crippen molar-refractivity contribution in [3.8, 4) is 0 Å². The summed E-state index contributed by atoms with van der Waals surface area (Å²) in [5.74, 6) is 1.91. The van der Waals surface area contributed by atoms with Crippen LogP contribution in [0.1, 0.15) is 65.2 Å². The van der Waals surface area contributed by atoms with Crippen molar-refractivity contribution >= 4 is 17.4 Å². The molecule has 32 heavy (non-hydrogen) atoms. The monoisotopic (exact) mass is 464 g/mol. The summed E-state index contributed by atoms with van der Waals surface area (Å²) in [4.78, 5) is 4.14. The first-order chi connectivity index (χ1) is 15.5. The number of ether oxygens (including phenoxy) is 1. The number of allylic oxidation sites excluding steroid dienone is 5. The van der Waals surface area contributed by atoms with Crippen LogP contribution >= 0.6 is 11.6 Å². The van der Waals surface area contributed by atoms with Gasteiger partial charge in [-0.15, -0.1) is 0 Å². The van der Waals surface area contributed by atoms with Gasteiger partial charge in [0.05, 0.1) is 0 Å². The van der Waals surface area contributed by atoms with Gasteiger partial charge in [-0.25, -0.2) is 4.99 Å². The lowest BCUT2D eigenvalue weighted by atomic mass is 10.0. The quantitative estimate of drug-likeness (QED) is 0.433. The highest BCUT2D eigenvalue weighted by Gasteiger charge is 2.19. The summed E-state index contributed by atoms with van der Waals surface area (Å²) in [6.45, 7) is 6.62. The lowest BCUT2D eigenvalue weighted by molar-refractivity contribution is 0.0658. The van der Waals surface area contributed by atoms with Gasteiger partial charge in [0, 0.05) is 42.9 Å². The summed E-state index contributed by atoms with van der Waals surface area (Å²) in [6, 6.07) is 0. The number of hydrogen-bond acceptors (Lipinski definition) is 7. The fourth-order valence-electron chi connectivity index (χ4n) is 3.72. The Morgan fingerprint density at radius 1 is 1.09 bits per heavy atom. The van der Waals surface area contributed by atoms with Crippen LogP contribution in [0, 0.1) is 5.92 Å². The van der Waals surface area contributed by atoms with E-state index in [2.05, 4.69) is 20.9 Å². The largest absolute Gasteiger partial charge is 0.385 e. The Bertz CT molecular complexity index is 706. The van der Waals surface area contributed by atoms with Gasteiger partial charge in [-0.05, 0) is 50.3 Å². The molecule has 7 nitrogen and oxygen atoms in total. The van der Waals surface area contributed by atoms with Crippen molar-refractivity contribution in [2.24, 2.45) is 22.4 Å². The van der Waals surface area contributed by atoms with Crippen LogP contribution in [0.3, 0.4) is 0 Å². The van der Waals surface area contributed by atoms with Crippen LogP contribution in [-0.4, -0.2) is 31.8 Å². The number of rotatable bonds is 3. The molecule has 4 aliphatic rings. The molecule has 1 saturated carbocycles. The Kier molecular flexibility index (Phi) is 12.3. The molecule has 0 spiro atoms. The summed E-state index contributed by atoms with van der Waals surface area (Å²) >= 11 is 5.79. The van der Waals surface area contributed by atoms with Gasteiger partial charge in [-0.2, -0.15) is 0 Å². The summed E-state index contributed by atoms with van der Waals surface area (Å²) in [7, 11) is 0. The molecule has 3 heterocycles. The fourth-order valence-corrected chi connectivity index (χ4v) is 3.84. The molecule has 0 aromatic carbocycles. The Morgan fingerprint density at radius 2 is 1.72 bits per heavy atom. The summed E-state index contributed by atoms with van der Waals surface area (Å²) in [5.41, 5.74) is 13.3. The average Bonchev–Trinajstić information content (AvgIpc) is 2.96. The summed E-state index contributed by atoms with van der Waals surface area (Å²) in [6.07, 6.45) is 18.3. The second-order valence-electron chi connectivity index (χ2n) is 8.64. The normalized spacial score (nSPS) is 23.6. The zero-order valence-electron chi connectivity index (χ0n) is 19.6. The number of nitrogens with one attached hydrogen (secondary N) is 3. The van der Waals surface area contributed by atoms with Crippen molar-refractivity contribution in [2.45, 2.75) is 71.4 Å². The minimum absolute atomic E-state index is 0.0205. The van der Waals surface area contributed by atoms with Crippen LogP contribution < -0.4 is 27.4 Å². The van der Waals surface area contributed by atoms with Gasteiger partial charge in [-0.3, -0.25) is 5.32 Å². The van der Waals surface area contributed by atoms with Crippen molar-refractivity contribution < 1.29 is 4.74 Å². The van der Waals surface area contributed by atoms with E-state index in [1.807, 2.05) is 13.8 Å². The standard InChI is InChI=1S/C11H20N4O.C7H9ClN2.C6H12/c1-8-6-13-10(12)11(15-8)14-7-9-2-4-16-5-3-9;1-5-4-7(9)10-3-2-6(5)8;1-2-4-6-5-3-1/h6,9,11,14-15H,2-5,7H2,1H3,(H2,12,13);2-4,10H,9H2,1H3;1-6H2. The molecule has 0 amide bonds. The Balaban J connectivity index is 0.000000192. The molecule has 0 aromatic rings. The Labute approximate surface area is 198 Å². The highest BCUT2D eigenvalue weighted by molar-refractivity contribution is 6.31. The maximum absolute atomic E-state index is 5.81. The molecular formula is C24H41ClN6O. The number of nitrogens with two attached hydrogens (primary N) is 2. The molecule has 4 rings (SSSR count). The minimum Gasteiger partial charge on any atom is -0.385 e. The first kappa shape index (κ1) is 26.3. The van der Waals surface area contributed by atoms with E-state index in [4.69, 9.17) is 27.8 Å². The predicted octanol–water partition coefficient (Wildman–Crippen LogP) is 3.91. The van der Waals surface area contributed by atoms with Gasteiger partial charge in [0.2, 0.25) is 0 Å². The molecule has 2 fully saturated rings. The second-order valence-corrected chi connectivity index (χ2v) is 9.04. The van der Waals surface area contributed by atoms with E-state index in [9.17, 15) is 0 Å². The van der Waals surface area contributed by atoms with Gasteiger partial charge < -0.3 is 26.8 Å². The Hall–Kier alpha value is -1.96. The molecule has 7 N–H and O–H groups in total. The van der Waals surface area contributed by atoms with E-state index in [-0.39, 0.29) is 6.17 Å².